The van der Waals surface area contributed by atoms with Gasteiger partial charge < -0.3 is 14.4 Å². The van der Waals surface area contributed by atoms with Gasteiger partial charge in [0, 0.05) is 17.9 Å². The molecule has 0 atom stereocenters. The monoisotopic (exact) mass is 479 g/mol. The van der Waals surface area contributed by atoms with Gasteiger partial charge in [0.1, 0.15) is 0 Å². The maximum atomic E-state index is 14.1. The highest BCUT2D eigenvalue weighted by molar-refractivity contribution is 5.93. The largest absolute Gasteiger partial charge is 0.481 e. The first-order valence-corrected chi connectivity index (χ1v) is 11.7. The number of carbonyl (C=O) groups excluding carboxylic acids is 1. The summed E-state index contributed by atoms with van der Waals surface area (Å²) in [7, 11) is 0. The third-order valence-corrected chi connectivity index (χ3v) is 6.86. The van der Waals surface area contributed by atoms with Crippen molar-refractivity contribution in [1.82, 2.24) is 4.57 Å². The van der Waals surface area contributed by atoms with Crippen LogP contribution in [-0.4, -0.2) is 28.2 Å². The van der Waals surface area contributed by atoms with Crippen LogP contribution < -0.4 is 0 Å². The number of carbonyl (C=O) groups is 2. The second-order valence-electron chi connectivity index (χ2n) is 9.55. The molecule has 1 aromatic heterocycles. The highest BCUT2D eigenvalue weighted by atomic mass is 19.4. The highest BCUT2D eigenvalue weighted by Gasteiger charge is 2.41. The van der Waals surface area contributed by atoms with Crippen LogP contribution in [-0.2, 0) is 27.7 Å². The molecule has 8 heteroatoms. The molecule has 1 aliphatic carbocycles. The molecule has 186 valence electrons. The SMILES string of the molecule is CCOC(=O)c1cc(-c2ccc(C(C)(C)C(=O)O)c(C(F)(F)F)c2)n(CC2CCCCC2)c1C. The first kappa shape index (κ1) is 25.8. The van der Waals surface area contributed by atoms with E-state index in [1.165, 1.54) is 32.4 Å². The molecule has 5 nitrogen and oxygen atoms in total. The van der Waals surface area contributed by atoms with Crippen molar-refractivity contribution in [2.24, 2.45) is 5.92 Å². The quantitative estimate of drug-likeness (QED) is 0.454. The average molecular weight is 480 g/mol. The lowest BCUT2D eigenvalue weighted by Crippen LogP contribution is -2.31. The predicted octanol–water partition coefficient (Wildman–Crippen LogP) is 6.60. The molecule has 1 fully saturated rings. The topological polar surface area (TPSA) is 68.5 Å². The van der Waals surface area contributed by atoms with Crippen molar-refractivity contribution < 1.29 is 32.6 Å². The van der Waals surface area contributed by atoms with Gasteiger partial charge in [-0.1, -0.05) is 31.4 Å². The summed E-state index contributed by atoms with van der Waals surface area (Å²) in [6, 6.07) is 5.34. The van der Waals surface area contributed by atoms with Crippen LogP contribution in [0, 0.1) is 12.8 Å². The third-order valence-electron chi connectivity index (χ3n) is 6.86. The molecule has 1 heterocycles. The third kappa shape index (κ3) is 5.15. The number of carboxylic acid groups (broad SMARTS) is 1. The first-order valence-electron chi connectivity index (χ1n) is 11.7. The molecule has 3 rings (SSSR count). The van der Waals surface area contributed by atoms with Gasteiger partial charge in [0.15, 0.2) is 0 Å². The van der Waals surface area contributed by atoms with Crippen molar-refractivity contribution in [3.63, 3.8) is 0 Å². The van der Waals surface area contributed by atoms with E-state index in [0.29, 0.717) is 29.4 Å². The van der Waals surface area contributed by atoms with Crippen molar-refractivity contribution in [1.29, 1.82) is 0 Å². The Morgan fingerprint density at radius 3 is 2.29 bits per heavy atom. The zero-order valence-corrected chi connectivity index (χ0v) is 20.1. The molecule has 2 aromatic rings. The van der Waals surface area contributed by atoms with E-state index in [0.717, 1.165) is 31.7 Å². The van der Waals surface area contributed by atoms with Crippen LogP contribution in [0.15, 0.2) is 24.3 Å². The average Bonchev–Trinajstić information content (AvgIpc) is 3.09. The van der Waals surface area contributed by atoms with E-state index in [2.05, 4.69) is 0 Å². The molecular formula is C26H32F3NO4. The molecule has 0 saturated heterocycles. The molecule has 1 saturated carbocycles. The van der Waals surface area contributed by atoms with Crippen LogP contribution in [0.2, 0.25) is 0 Å². The number of rotatable bonds is 7. The van der Waals surface area contributed by atoms with Gasteiger partial charge in [-0.3, -0.25) is 4.79 Å². The predicted molar refractivity (Wildman–Crippen MR) is 123 cm³/mol. The zero-order chi connectivity index (χ0) is 25.3. The molecule has 0 amide bonds. The van der Waals surface area contributed by atoms with Gasteiger partial charge in [-0.2, -0.15) is 13.2 Å². The Morgan fingerprint density at radius 2 is 1.74 bits per heavy atom. The number of esters is 1. The van der Waals surface area contributed by atoms with Gasteiger partial charge in [0.05, 0.1) is 23.1 Å². The lowest BCUT2D eigenvalue weighted by atomic mass is 9.81. The number of halogens is 3. The molecule has 1 aromatic carbocycles. The van der Waals surface area contributed by atoms with E-state index >= 15 is 0 Å². The Balaban J connectivity index is 2.17. The van der Waals surface area contributed by atoms with Crippen molar-refractivity contribution in [3.05, 3.63) is 46.6 Å². The summed E-state index contributed by atoms with van der Waals surface area (Å²) in [4.78, 5) is 24.3. The van der Waals surface area contributed by atoms with E-state index in [1.54, 1.807) is 19.9 Å². The number of aromatic nitrogens is 1. The van der Waals surface area contributed by atoms with Crippen molar-refractivity contribution in [2.45, 2.75) is 77.9 Å². The molecule has 1 aliphatic rings. The molecule has 0 bridgehead atoms. The molecule has 0 radical (unpaired) electrons. The maximum absolute atomic E-state index is 14.1. The van der Waals surface area contributed by atoms with Crippen LogP contribution in [0.25, 0.3) is 11.3 Å². The summed E-state index contributed by atoms with van der Waals surface area (Å²) >= 11 is 0. The lowest BCUT2D eigenvalue weighted by Gasteiger charge is -2.26. The van der Waals surface area contributed by atoms with E-state index in [9.17, 15) is 27.9 Å². The normalized spacial score (nSPS) is 15.4. The van der Waals surface area contributed by atoms with Gasteiger partial charge >= 0.3 is 18.1 Å². The minimum atomic E-state index is -4.74. The number of nitrogens with zero attached hydrogens (tertiary/aromatic N) is 1. The standard InChI is InChI=1S/C26H32F3NO4/c1-5-34-23(31)19-14-22(30(16(19)2)15-17-9-7-6-8-10-17)18-11-12-20(25(3,4)24(32)33)21(13-18)26(27,28)29/h11-14,17H,5-10,15H2,1-4H3,(H,32,33). The van der Waals surface area contributed by atoms with Crippen LogP contribution >= 0.6 is 0 Å². The minimum Gasteiger partial charge on any atom is -0.481 e. The van der Waals surface area contributed by atoms with Crippen LogP contribution in [0.4, 0.5) is 13.2 Å². The number of aliphatic carboxylic acids is 1. The molecule has 1 N–H and O–H groups in total. The minimum absolute atomic E-state index is 0.193. The number of hydrogen-bond acceptors (Lipinski definition) is 3. The smallest absolute Gasteiger partial charge is 0.416 e. The summed E-state index contributed by atoms with van der Waals surface area (Å²) < 4.78 is 49.2. The number of benzene rings is 1. The Morgan fingerprint density at radius 1 is 1.09 bits per heavy atom. The Labute approximate surface area is 197 Å². The Hall–Kier alpha value is -2.77. The van der Waals surface area contributed by atoms with E-state index in [-0.39, 0.29) is 17.7 Å². The van der Waals surface area contributed by atoms with Crippen LogP contribution in [0.3, 0.4) is 0 Å². The molecular weight excluding hydrogens is 447 g/mol. The zero-order valence-electron chi connectivity index (χ0n) is 20.1. The number of ether oxygens (including phenoxy) is 1. The second-order valence-corrected chi connectivity index (χ2v) is 9.55. The Kier molecular flexibility index (Phi) is 7.48. The van der Waals surface area contributed by atoms with Gasteiger partial charge in [-0.15, -0.1) is 0 Å². The van der Waals surface area contributed by atoms with E-state index in [1.807, 2.05) is 4.57 Å². The van der Waals surface area contributed by atoms with Crippen LogP contribution in [0.1, 0.15) is 80.1 Å². The molecule has 34 heavy (non-hydrogen) atoms. The highest BCUT2D eigenvalue weighted by Crippen LogP contribution is 2.41. The van der Waals surface area contributed by atoms with Crippen molar-refractivity contribution in [3.8, 4) is 11.3 Å². The van der Waals surface area contributed by atoms with Crippen LogP contribution in [0.5, 0.6) is 0 Å². The summed E-state index contributed by atoms with van der Waals surface area (Å²) in [6.45, 7) is 6.79. The summed E-state index contributed by atoms with van der Waals surface area (Å²) in [5.41, 5.74) is -1.25. The fraction of sp³-hybridized carbons (Fsp3) is 0.538. The molecule has 0 spiro atoms. The van der Waals surface area contributed by atoms with Gasteiger partial charge in [-0.25, -0.2) is 4.79 Å². The Bertz CT molecular complexity index is 1060. The number of carboxylic acids is 1. The first-order chi connectivity index (χ1) is 15.9. The van der Waals surface area contributed by atoms with Crippen molar-refractivity contribution in [2.75, 3.05) is 6.61 Å². The van der Waals surface area contributed by atoms with Gasteiger partial charge in [0.2, 0.25) is 0 Å². The fourth-order valence-corrected chi connectivity index (χ4v) is 4.76. The second kappa shape index (κ2) is 9.84. The van der Waals surface area contributed by atoms with Gasteiger partial charge in [0.25, 0.3) is 0 Å². The fourth-order valence-electron chi connectivity index (χ4n) is 4.76. The summed E-state index contributed by atoms with van der Waals surface area (Å²) in [5, 5.41) is 9.53. The maximum Gasteiger partial charge on any atom is 0.416 e. The summed E-state index contributed by atoms with van der Waals surface area (Å²) in [6.07, 6.45) is 0.733. The van der Waals surface area contributed by atoms with E-state index < -0.39 is 29.1 Å². The molecule has 0 unspecified atom stereocenters. The molecule has 0 aliphatic heterocycles. The van der Waals surface area contributed by atoms with Gasteiger partial charge in [-0.05, 0) is 69.7 Å². The van der Waals surface area contributed by atoms with Crippen molar-refractivity contribution >= 4 is 11.9 Å². The number of alkyl halides is 3. The van der Waals surface area contributed by atoms with E-state index in [4.69, 9.17) is 4.74 Å². The number of hydrogen-bond donors (Lipinski definition) is 1. The summed E-state index contributed by atoms with van der Waals surface area (Å²) in [5.74, 6) is -1.48. The lowest BCUT2D eigenvalue weighted by molar-refractivity contribution is -0.144.